The molecule has 3 nitrogen and oxygen atoms in total. The van der Waals surface area contributed by atoms with Crippen LogP contribution in [0.4, 0.5) is 0 Å². The predicted octanol–water partition coefficient (Wildman–Crippen LogP) is 1.17. The van der Waals surface area contributed by atoms with E-state index in [9.17, 15) is 10.2 Å². The summed E-state index contributed by atoms with van der Waals surface area (Å²) in [6, 6.07) is 1.60. The highest BCUT2D eigenvalue weighted by Crippen LogP contribution is 2.45. The van der Waals surface area contributed by atoms with Crippen LogP contribution in [0.3, 0.4) is 0 Å². The summed E-state index contributed by atoms with van der Waals surface area (Å²) in [5, 5.41) is 28.1. The minimum absolute atomic E-state index is 0.0945. The molecule has 2 rings (SSSR count). The highest BCUT2D eigenvalue weighted by molar-refractivity contribution is 5.63. The number of aliphatic hydroxyl groups excluding tert-OH is 1. The predicted molar refractivity (Wildman–Crippen MR) is 52.5 cm³/mol. The van der Waals surface area contributed by atoms with Crippen LogP contribution in [0.1, 0.15) is 23.6 Å². The Morgan fingerprint density at radius 3 is 2.71 bits per heavy atom. The van der Waals surface area contributed by atoms with Crippen LogP contribution in [0.25, 0.3) is 0 Å². The molecule has 3 N–H and O–H groups in total. The molecule has 0 saturated heterocycles. The van der Waals surface area contributed by atoms with E-state index < -0.39 is 0 Å². The highest BCUT2D eigenvalue weighted by Gasteiger charge is 2.28. The number of hydrogen-bond acceptors (Lipinski definition) is 3. The molecule has 76 valence electrons. The van der Waals surface area contributed by atoms with Crippen molar-refractivity contribution in [2.45, 2.75) is 19.8 Å². The summed E-state index contributed by atoms with van der Waals surface area (Å²) < 4.78 is 0. The van der Waals surface area contributed by atoms with Gasteiger partial charge in [-0.2, -0.15) is 0 Å². The van der Waals surface area contributed by atoms with E-state index in [0.29, 0.717) is 18.6 Å². The van der Waals surface area contributed by atoms with Crippen LogP contribution in [0, 0.1) is 5.92 Å². The van der Waals surface area contributed by atoms with Gasteiger partial charge in [0.15, 0.2) is 0 Å². The second kappa shape index (κ2) is 3.17. The lowest BCUT2D eigenvalue weighted by Gasteiger charge is -2.09. The minimum atomic E-state index is 0.0945. The first-order valence-electron chi connectivity index (χ1n) is 4.80. The molecule has 14 heavy (non-hydrogen) atoms. The number of phenols is 2. The fourth-order valence-corrected chi connectivity index (χ4v) is 1.71. The molecule has 1 aliphatic rings. The zero-order chi connectivity index (χ0) is 10.3. The van der Waals surface area contributed by atoms with E-state index in [1.54, 1.807) is 6.07 Å². The molecule has 0 heterocycles. The van der Waals surface area contributed by atoms with Crippen molar-refractivity contribution in [3.63, 3.8) is 0 Å². The molecule has 0 aliphatic heterocycles. The number of benzene rings is 1. The minimum Gasteiger partial charge on any atom is -0.508 e. The molecule has 1 aromatic carbocycles. The largest absolute Gasteiger partial charge is 0.508 e. The van der Waals surface area contributed by atoms with Crippen LogP contribution in [0.15, 0.2) is 6.07 Å². The van der Waals surface area contributed by atoms with E-state index in [4.69, 9.17) is 5.11 Å². The Morgan fingerprint density at radius 2 is 2.07 bits per heavy atom. The summed E-state index contributed by atoms with van der Waals surface area (Å²) in [7, 11) is 0. The van der Waals surface area contributed by atoms with Crippen LogP contribution in [-0.2, 0) is 12.8 Å². The van der Waals surface area contributed by atoms with E-state index in [-0.39, 0.29) is 18.3 Å². The summed E-state index contributed by atoms with van der Waals surface area (Å²) in [5.41, 5.74) is 2.47. The van der Waals surface area contributed by atoms with Gasteiger partial charge in [-0.15, -0.1) is 0 Å². The van der Waals surface area contributed by atoms with Gasteiger partial charge in [-0.25, -0.2) is 0 Å². The molecule has 0 amide bonds. The maximum Gasteiger partial charge on any atom is 0.122 e. The first-order valence-corrected chi connectivity index (χ1v) is 4.80. The first kappa shape index (κ1) is 9.34. The summed E-state index contributed by atoms with van der Waals surface area (Å²) >= 11 is 0. The second-order valence-corrected chi connectivity index (χ2v) is 4.03. The van der Waals surface area contributed by atoms with Crippen molar-refractivity contribution >= 4 is 0 Å². The summed E-state index contributed by atoms with van der Waals surface area (Å²) in [6.07, 6.45) is 1.30. The number of aliphatic hydroxyl groups is 1. The van der Waals surface area contributed by atoms with Crippen LogP contribution in [0.2, 0.25) is 0 Å². The van der Waals surface area contributed by atoms with Crippen molar-refractivity contribution in [1.82, 2.24) is 0 Å². The second-order valence-electron chi connectivity index (χ2n) is 4.03. The Morgan fingerprint density at radius 1 is 1.36 bits per heavy atom. The highest BCUT2D eigenvalue weighted by atomic mass is 16.3. The normalized spacial score (nSPS) is 15.0. The lowest BCUT2D eigenvalue weighted by atomic mass is 10.0. The van der Waals surface area contributed by atoms with Crippen LogP contribution >= 0.6 is 0 Å². The van der Waals surface area contributed by atoms with Gasteiger partial charge in [0.25, 0.3) is 0 Å². The van der Waals surface area contributed by atoms with Gasteiger partial charge in [0.2, 0.25) is 0 Å². The van der Waals surface area contributed by atoms with E-state index in [0.717, 1.165) is 16.7 Å². The van der Waals surface area contributed by atoms with Crippen molar-refractivity contribution < 1.29 is 15.3 Å². The molecule has 1 aliphatic carbocycles. The number of rotatable bonds is 3. The molecule has 0 saturated carbocycles. The van der Waals surface area contributed by atoms with Crippen LogP contribution < -0.4 is 0 Å². The Bertz CT molecular complexity index is 371. The van der Waals surface area contributed by atoms with E-state index >= 15 is 0 Å². The fourth-order valence-electron chi connectivity index (χ4n) is 1.71. The van der Waals surface area contributed by atoms with E-state index in [2.05, 4.69) is 0 Å². The molecule has 0 fully saturated rings. The van der Waals surface area contributed by atoms with Gasteiger partial charge < -0.3 is 15.3 Å². The molecule has 1 aromatic rings. The monoisotopic (exact) mass is 194 g/mol. The van der Waals surface area contributed by atoms with Crippen molar-refractivity contribution in [3.05, 3.63) is 22.8 Å². The molecule has 0 aromatic heterocycles. The van der Waals surface area contributed by atoms with Crippen molar-refractivity contribution in [2.75, 3.05) is 6.61 Å². The molecule has 0 spiro atoms. The van der Waals surface area contributed by atoms with Crippen molar-refractivity contribution in [1.29, 1.82) is 0 Å². The van der Waals surface area contributed by atoms with Crippen LogP contribution in [0.5, 0.6) is 11.5 Å². The first-order chi connectivity index (χ1) is 6.63. The Kier molecular flexibility index (Phi) is 2.11. The van der Waals surface area contributed by atoms with Gasteiger partial charge in [-0.05, 0) is 24.0 Å². The third kappa shape index (κ3) is 1.44. The molecular formula is C11H14O3. The number of hydrogen-bond donors (Lipinski definition) is 3. The lowest BCUT2D eigenvalue weighted by Crippen LogP contribution is -2.04. The fraction of sp³-hybridized carbons (Fsp3) is 0.455. The van der Waals surface area contributed by atoms with Crippen LogP contribution in [-0.4, -0.2) is 21.9 Å². The van der Waals surface area contributed by atoms with E-state index in [1.165, 1.54) is 0 Å². The third-order valence-electron chi connectivity index (χ3n) is 2.68. The smallest absolute Gasteiger partial charge is 0.122 e. The third-order valence-corrected chi connectivity index (χ3v) is 2.68. The topological polar surface area (TPSA) is 60.7 Å². The average Bonchev–Trinajstić information content (AvgIpc) is 2.93. The molecule has 3 heteroatoms. The van der Waals surface area contributed by atoms with Crippen molar-refractivity contribution in [3.8, 4) is 11.5 Å². The Hall–Kier alpha value is -1.22. The summed E-state index contributed by atoms with van der Waals surface area (Å²) in [5.74, 6) is 0.688. The zero-order valence-electron chi connectivity index (χ0n) is 8.12. The maximum atomic E-state index is 9.73. The van der Waals surface area contributed by atoms with Gasteiger partial charge in [0.1, 0.15) is 11.5 Å². The van der Waals surface area contributed by atoms with Gasteiger partial charge in [-0.1, -0.05) is 6.92 Å². The summed E-state index contributed by atoms with van der Waals surface area (Å²) in [6.45, 7) is 2.00. The maximum absolute atomic E-state index is 9.73. The average molecular weight is 194 g/mol. The molecule has 1 atom stereocenters. The number of phenolic OH excluding ortho intramolecular Hbond substituents is 2. The van der Waals surface area contributed by atoms with Crippen molar-refractivity contribution in [2.24, 2.45) is 5.92 Å². The summed E-state index contributed by atoms with van der Waals surface area (Å²) in [4.78, 5) is 0. The van der Waals surface area contributed by atoms with Gasteiger partial charge >= 0.3 is 0 Å². The number of fused-ring (bicyclic) bond motifs is 1. The van der Waals surface area contributed by atoms with E-state index in [1.807, 2.05) is 6.92 Å². The van der Waals surface area contributed by atoms with Gasteiger partial charge in [-0.3, -0.25) is 0 Å². The van der Waals surface area contributed by atoms with Gasteiger partial charge in [0, 0.05) is 24.2 Å². The molecule has 0 radical (unpaired) electrons. The number of aromatic hydroxyl groups is 2. The quantitative estimate of drug-likeness (QED) is 0.643. The molecular weight excluding hydrogens is 180 g/mol. The molecule has 1 unspecified atom stereocenters. The zero-order valence-corrected chi connectivity index (χ0v) is 8.12. The standard InChI is InChI=1S/C11H14O3/c1-6(5-12)2-7-3-10(13)8-4-9(8)11(7)14/h3,6,12-14H,2,4-5H2,1H3. The lowest BCUT2D eigenvalue weighted by molar-refractivity contribution is 0.236. The Balaban J connectivity index is 2.27. The Labute approximate surface area is 82.6 Å². The van der Waals surface area contributed by atoms with Gasteiger partial charge in [0.05, 0.1) is 0 Å². The SMILES string of the molecule is CC(CO)Cc1cc(O)c2c(c1O)C2. The molecule has 0 bridgehead atoms.